The van der Waals surface area contributed by atoms with E-state index < -0.39 is 0 Å². The molecule has 2 heterocycles. The smallest absolute Gasteiger partial charge is 0.336 e. The van der Waals surface area contributed by atoms with Gasteiger partial charge in [0.15, 0.2) is 0 Å². The molecule has 2 N–H and O–H groups in total. The third-order valence-electron chi connectivity index (χ3n) is 4.34. The van der Waals surface area contributed by atoms with Crippen molar-refractivity contribution in [1.29, 1.82) is 0 Å². The molecule has 0 saturated carbocycles. The minimum absolute atomic E-state index is 0.267. The van der Waals surface area contributed by atoms with Gasteiger partial charge in [-0.15, -0.1) is 0 Å². The maximum atomic E-state index is 11.8. The van der Waals surface area contributed by atoms with Gasteiger partial charge in [0.2, 0.25) is 0 Å². The van der Waals surface area contributed by atoms with E-state index in [0.717, 1.165) is 60.2 Å². The van der Waals surface area contributed by atoms with E-state index in [0.29, 0.717) is 6.10 Å². The normalized spacial score (nSPS) is 18.5. The van der Waals surface area contributed by atoms with Crippen LogP contribution in [0.5, 0.6) is 0 Å². The molecule has 1 aromatic heterocycles. The Morgan fingerprint density at radius 1 is 1.33 bits per heavy atom. The van der Waals surface area contributed by atoms with Crippen molar-refractivity contribution < 1.29 is 14.5 Å². The van der Waals surface area contributed by atoms with Crippen LogP contribution in [0.2, 0.25) is 0 Å². The van der Waals surface area contributed by atoms with E-state index in [1.54, 1.807) is 6.07 Å². The lowest BCUT2D eigenvalue weighted by Gasteiger charge is -2.10. The molecule has 1 aliphatic heterocycles. The van der Waals surface area contributed by atoms with E-state index in [1.165, 1.54) is 0 Å². The molecule has 21 heavy (non-hydrogen) atoms. The van der Waals surface area contributed by atoms with Crippen molar-refractivity contribution in [2.45, 2.75) is 39.3 Å². The number of hydrogen-bond donors (Lipinski definition) is 1. The summed E-state index contributed by atoms with van der Waals surface area (Å²) in [5.41, 5.74) is 3.69. The number of hydrogen-bond acceptors (Lipinski definition) is 3. The highest BCUT2D eigenvalue weighted by atomic mass is 16.5. The van der Waals surface area contributed by atoms with Crippen LogP contribution in [-0.2, 0) is 11.3 Å². The second-order valence-electron chi connectivity index (χ2n) is 5.84. The van der Waals surface area contributed by atoms with Crippen molar-refractivity contribution in [1.82, 2.24) is 0 Å². The molecule has 1 saturated heterocycles. The zero-order valence-electron chi connectivity index (χ0n) is 12.6. The minimum Gasteiger partial charge on any atom is -0.422 e. The predicted octanol–water partition coefficient (Wildman–Crippen LogP) is 1.65. The topological polar surface area (TPSA) is 56.0 Å². The van der Waals surface area contributed by atoms with Crippen molar-refractivity contribution in [3.05, 3.63) is 45.3 Å². The maximum absolute atomic E-state index is 11.8. The van der Waals surface area contributed by atoms with Crippen LogP contribution in [0.1, 0.15) is 29.5 Å². The summed E-state index contributed by atoms with van der Waals surface area (Å²) in [7, 11) is 0. The minimum atomic E-state index is -0.267. The summed E-state index contributed by atoms with van der Waals surface area (Å²) < 4.78 is 11.0. The molecule has 4 heteroatoms. The fraction of sp³-hybridized carbons (Fsp3) is 0.471. The summed E-state index contributed by atoms with van der Waals surface area (Å²) in [6.45, 7) is 6.65. The van der Waals surface area contributed by atoms with Crippen LogP contribution in [0.4, 0.5) is 0 Å². The fourth-order valence-corrected chi connectivity index (χ4v) is 2.95. The second kappa shape index (κ2) is 6.00. The predicted molar refractivity (Wildman–Crippen MR) is 81.4 cm³/mol. The lowest BCUT2D eigenvalue weighted by Crippen LogP contribution is -2.84. The van der Waals surface area contributed by atoms with E-state index in [9.17, 15) is 4.79 Å². The van der Waals surface area contributed by atoms with E-state index in [4.69, 9.17) is 9.15 Å². The number of quaternary nitrogens is 1. The van der Waals surface area contributed by atoms with Crippen molar-refractivity contribution >= 4 is 11.0 Å². The lowest BCUT2D eigenvalue weighted by molar-refractivity contribution is -0.676. The second-order valence-corrected chi connectivity index (χ2v) is 5.84. The molecule has 0 bridgehead atoms. The van der Waals surface area contributed by atoms with Crippen LogP contribution in [0.3, 0.4) is 0 Å². The number of aryl methyl sites for hydroxylation is 2. The van der Waals surface area contributed by atoms with Crippen LogP contribution in [-0.4, -0.2) is 19.3 Å². The first-order chi connectivity index (χ1) is 10.1. The van der Waals surface area contributed by atoms with Gasteiger partial charge in [-0.1, -0.05) is 12.1 Å². The number of nitrogens with two attached hydrogens (primary N) is 1. The Hall–Kier alpha value is -1.65. The number of ether oxygens (including phenoxy) is 1. The Kier molecular flexibility index (Phi) is 4.08. The first kappa shape index (κ1) is 14.3. The van der Waals surface area contributed by atoms with Gasteiger partial charge in [-0.25, -0.2) is 4.79 Å². The summed E-state index contributed by atoms with van der Waals surface area (Å²) in [5, 5.41) is 3.26. The van der Waals surface area contributed by atoms with Gasteiger partial charge in [0.05, 0.1) is 0 Å². The van der Waals surface area contributed by atoms with Crippen molar-refractivity contribution in [2.24, 2.45) is 0 Å². The average Bonchev–Trinajstić information content (AvgIpc) is 2.96. The van der Waals surface area contributed by atoms with E-state index in [-0.39, 0.29) is 5.63 Å². The fourth-order valence-electron chi connectivity index (χ4n) is 2.95. The maximum Gasteiger partial charge on any atom is 0.336 e. The molecule has 112 valence electrons. The Balaban J connectivity index is 1.84. The quantitative estimate of drug-likeness (QED) is 0.870. The standard InChI is InChI=1S/C17H21NO3/c1-11-5-6-15-13(8-16(19)21-17(15)12(11)2)9-18-10-14-4-3-7-20-14/h5-6,8,14,18H,3-4,7,9-10H2,1-2H3/p+1/t14-/m0/s1. The van der Waals surface area contributed by atoms with Gasteiger partial charge in [0.1, 0.15) is 24.8 Å². The van der Waals surface area contributed by atoms with Crippen LogP contribution >= 0.6 is 0 Å². The van der Waals surface area contributed by atoms with Crippen molar-refractivity contribution in [2.75, 3.05) is 13.2 Å². The van der Waals surface area contributed by atoms with Crippen LogP contribution in [0.25, 0.3) is 11.0 Å². The molecule has 0 spiro atoms. The summed E-state index contributed by atoms with van der Waals surface area (Å²) in [6, 6.07) is 5.75. The first-order valence-electron chi connectivity index (χ1n) is 7.61. The molecule has 1 fully saturated rings. The summed E-state index contributed by atoms with van der Waals surface area (Å²) in [4.78, 5) is 11.8. The Morgan fingerprint density at radius 2 is 2.19 bits per heavy atom. The largest absolute Gasteiger partial charge is 0.422 e. The molecule has 2 aromatic rings. The molecule has 1 atom stereocenters. The average molecular weight is 288 g/mol. The zero-order chi connectivity index (χ0) is 14.8. The van der Waals surface area contributed by atoms with Crippen LogP contribution in [0, 0.1) is 13.8 Å². The number of fused-ring (bicyclic) bond motifs is 1. The third-order valence-corrected chi connectivity index (χ3v) is 4.34. The molecule has 3 rings (SSSR count). The molecule has 0 amide bonds. The van der Waals surface area contributed by atoms with Gasteiger partial charge in [0.25, 0.3) is 0 Å². The van der Waals surface area contributed by atoms with Gasteiger partial charge in [-0.3, -0.25) is 0 Å². The van der Waals surface area contributed by atoms with Crippen LogP contribution < -0.4 is 10.9 Å². The molecular weight excluding hydrogens is 266 g/mol. The third kappa shape index (κ3) is 3.01. The van der Waals surface area contributed by atoms with Gasteiger partial charge in [-0.2, -0.15) is 0 Å². The molecule has 1 aromatic carbocycles. The Morgan fingerprint density at radius 3 is 2.95 bits per heavy atom. The molecule has 0 aliphatic carbocycles. The Bertz CT molecular complexity index is 699. The zero-order valence-corrected chi connectivity index (χ0v) is 12.6. The van der Waals surface area contributed by atoms with Gasteiger partial charge in [0, 0.05) is 23.6 Å². The number of rotatable bonds is 4. The monoisotopic (exact) mass is 288 g/mol. The van der Waals surface area contributed by atoms with Crippen molar-refractivity contribution in [3.8, 4) is 0 Å². The highest BCUT2D eigenvalue weighted by Gasteiger charge is 2.17. The summed E-state index contributed by atoms with van der Waals surface area (Å²) in [6.07, 6.45) is 2.67. The molecule has 0 unspecified atom stereocenters. The number of benzene rings is 1. The van der Waals surface area contributed by atoms with E-state index >= 15 is 0 Å². The van der Waals surface area contributed by atoms with E-state index in [2.05, 4.69) is 17.4 Å². The SMILES string of the molecule is Cc1ccc2c(C[NH2+]C[C@@H]3CCCO3)cc(=O)oc2c1C. The molecule has 0 radical (unpaired) electrons. The highest BCUT2D eigenvalue weighted by Crippen LogP contribution is 2.22. The first-order valence-corrected chi connectivity index (χ1v) is 7.61. The van der Waals surface area contributed by atoms with Crippen LogP contribution in [0.15, 0.2) is 27.4 Å². The summed E-state index contributed by atoms with van der Waals surface area (Å²) in [5.74, 6) is 0. The van der Waals surface area contributed by atoms with Crippen molar-refractivity contribution in [3.63, 3.8) is 0 Å². The Labute approximate surface area is 124 Å². The molecule has 1 aliphatic rings. The van der Waals surface area contributed by atoms with Gasteiger partial charge >= 0.3 is 5.63 Å². The summed E-state index contributed by atoms with van der Waals surface area (Å²) >= 11 is 0. The highest BCUT2D eigenvalue weighted by molar-refractivity contribution is 5.83. The molecule has 4 nitrogen and oxygen atoms in total. The van der Waals surface area contributed by atoms with Gasteiger partial charge < -0.3 is 14.5 Å². The molecular formula is C17H22NO3+. The van der Waals surface area contributed by atoms with Gasteiger partial charge in [-0.05, 0) is 37.8 Å². The lowest BCUT2D eigenvalue weighted by atomic mass is 10.0. The van der Waals surface area contributed by atoms with E-state index in [1.807, 2.05) is 13.8 Å².